The lowest BCUT2D eigenvalue weighted by Crippen LogP contribution is -2.51. The van der Waals surface area contributed by atoms with Gasteiger partial charge in [-0.3, -0.25) is 14.5 Å². The average molecular weight is 422 g/mol. The van der Waals surface area contributed by atoms with Crippen LogP contribution in [0, 0.1) is 0 Å². The van der Waals surface area contributed by atoms with Gasteiger partial charge in [0.25, 0.3) is 5.91 Å². The maximum absolute atomic E-state index is 12.4. The highest BCUT2D eigenvalue weighted by molar-refractivity contribution is 5.92. The normalized spacial score (nSPS) is 21.0. The van der Waals surface area contributed by atoms with Crippen LogP contribution in [0.3, 0.4) is 0 Å². The van der Waals surface area contributed by atoms with E-state index in [1.54, 1.807) is 24.4 Å². The number of ether oxygens (including phenoxy) is 1. The van der Waals surface area contributed by atoms with E-state index in [1.807, 2.05) is 29.1 Å². The van der Waals surface area contributed by atoms with Crippen molar-refractivity contribution in [3.05, 3.63) is 77.9 Å². The van der Waals surface area contributed by atoms with E-state index in [-0.39, 0.29) is 24.7 Å². The minimum absolute atomic E-state index is 0.00178. The predicted molar refractivity (Wildman–Crippen MR) is 114 cm³/mol. The number of pyridine rings is 1. The highest BCUT2D eigenvalue weighted by Gasteiger charge is 2.32. The summed E-state index contributed by atoms with van der Waals surface area (Å²) in [5.74, 6) is -0.250. The molecule has 4 rings (SSSR count). The van der Waals surface area contributed by atoms with Gasteiger partial charge in [-0.05, 0) is 37.0 Å². The Morgan fingerprint density at radius 2 is 2.00 bits per heavy atom. The molecule has 0 bridgehead atoms. The molecule has 3 aromatic rings. The number of carbonyl (C=O) groups is 1. The van der Waals surface area contributed by atoms with Gasteiger partial charge in [0.2, 0.25) is 0 Å². The number of aliphatic hydroxyl groups is 1. The zero-order valence-corrected chi connectivity index (χ0v) is 17.3. The van der Waals surface area contributed by atoms with E-state index >= 15 is 0 Å². The predicted octanol–water partition coefficient (Wildman–Crippen LogP) is 1.99. The molecule has 3 atom stereocenters. The molecule has 8 nitrogen and oxygen atoms in total. The van der Waals surface area contributed by atoms with Gasteiger partial charge in [0.15, 0.2) is 0 Å². The molecule has 0 spiro atoms. The maximum atomic E-state index is 12.4. The molecule has 1 aliphatic heterocycles. The molecule has 1 aliphatic rings. The zero-order valence-electron chi connectivity index (χ0n) is 17.3. The maximum Gasteiger partial charge on any atom is 0.270 e. The lowest BCUT2D eigenvalue weighted by molar-refractivity contribution is -0.0912. The van der Waals surface area contributed by atoms with E-state index in [1.165, 1.54) is 5.56 Å². The van der Waals surface area contributed by atoms with Crippen molar-refractivity contribution in [3.8, 4) is 0 Å². The van der Waals surface area contributed by atoms with Crippen molar-refractivity contribution in [3.63, 3.8) is 0 Å². The SMILES string of the molecule is O=C(N[C@H]1CC[C@@H](CCn2cc(Cc3ccccc3)nn2)O[C@H]1CO)c1ccccn1. The summed E-state index contributed by atoms with van der Waals surface area (Å²) in [6, 6.07) is 15.2. The van der Waals surface area contributed by atoms with Gasteiger partial charge in [0.05, 0.1) is 24.4 Å². The number of nitrogens with zero attached hydrogens (tertiary/aromatic N) is 4. The van der Waals surface area contributed by atoms with Gasteiger partial charge < -0.3 is 15.2 Å². The molecule has 31 heavy (non-hydrogen) atoms. The van der Waals surface area contributed by atoms with E-state index in [4.69, 9.17) is 4.74 Å². The van der Waals surface area contributed by atoms with E-state index in [9.17, 15) is 9.90 Å². The third-order valence-corrected chi connectivity index (χ3v) is 5.50. The third-order valence-electron chi connectivity index (χ3n) is 5.50. The van der Waals surface area contributed by atoms with Gasteiger partial charge in [-0.25, -0.2) is 0 Å². The Labute approximate surface area is 181 Å². The fraction of sp³-hybridized carbons (Fsp3) is 0.391. The molecule has 1 amide bonds. The number of hydrogen-bond acceptors (Lipinski definition) is 6. The van der Waals surface area contributed by atoms with Crippen LogP contribution in [0.5, 0.6) is 0 Å². The number of amides is 1. The van der Waals surface area contributed by atoms with Crippen molar-refractivity contribution in [1.29, 1.82) is 0 Å². The van der Waals surface area contributed by atoms with E-state index in [0.29, 0.717) is 12.2 Å². The molecule has 2 N–H and O–H groups in total. The number of rotatable bonds is 8. The van der Waals surface area contributed by atoms with Crippen molar-refractivity contribution in [1.82, 2.24) is 25.3 Å². The van der Waals surface area contributed by atoms with Crippen molar-refractivity contribution in [2.45, 2.75) is 50.5 Å². The van der Waals surface area contributed by atoms with Gasteiger partial charge in [-0.2, -0.15) is 0 Å². The van der Waals surface area contributed by atoms with Crippen LogP contribution in [0.15, 0.2) is 60.9 Å². The summed E-state index contributed by atoms with van der Waals surface area (Å²) in [6.45, 7) is 0.545. The van der Waals surface area contributed by atoms with Gasteiger partial charge in [-0.15, -0.1) is 5.10 Å². The lowest BCUT2D eigenvalue weighted by Gasteiger charge is -2.36. The van der Waals surface area contributed by atoms with E-state index in [2.05, 4.69) is 32.7 Å². The number of carbonyl (C=O) groups excluding carboxylic acids is 1. The smallest absolute Gasteiger partial charge is 0.270 e. The number of aromatic nitrogens is 4. The minimum atomic E-state index is -0.434. The summed E-state index contributed by atoms with van der Waals surface area (Å²) in [6.07, 6.45) is 6.19. The standard InChI is InChI=1S/C23H27N5O3/c29-16-22-20(25-23(30)21-8-4-5-12-24-21)10-9-19(31-22)11-13-28-15-18(26-27-28)14-17-6-2-1-3-7-17/h1-8,12,15,19-20,22,29H,9-11,13-14,16H2,(H,25,30)/t19-,20-,22-/m0/s1. The highest BCUT2D eigenvalue weighted by atomic mass is 16.5. The van der Waals surface area contributed by atoms with Crippen molar-refractivity contribution in [2.75, 3.05) is 6.61 Å². The highest BCUT2D eigenvalue weighted by Crippen LogP contribution is 2.22. The van der Waals surface area contributed by atoms with Crippen molar-refractivity contribution in [2.24, 2.45) is 0 Å². The molecule has 8 heteroatoms. The molecule has 0 radical (unpaired) electrons. The third kappa shape index (κ3) is 5.74. The fourth-order valence-electron chi connectivity index (χ4n) is 3.86. The Bertz CT molecular complexity index is 964. The zero-order chi connectivity index (χ0) is 21.5. The van der Waals surface area contributed by atoms with Gasteiger partial charge in [-0.1, -0.05) is 41.6 Å². The average Bonchev–Trinajstić information content (AvgIpc) is 3.26. The molecule has 1 fully saturated rings. The second-order valence-electron chi connectivity index (χ2n) is 7.78. The molecule has 0 unspecified atom stereocenters. The van der Waals surface area contributed by atoms with Gasteiger partial charge >= 0.3 is 0 Å². The Morgan fingerprint density at radius 3 is 2.77 bits per heavy atom. The van der Waals surface area contributed by atoms with Crippen LogP contribution in [0.1, 0.15) is 41.0 Å². The van der Waals surface area contributed by atoms with Crippen LogP contribution in [-0.2, 0) is 17.7 Å². The van der Waals surface area contributed by atoms with E-state index in [0.717, 1.165) is 31.4 Å². The first-order chi connectivity index (χ1) is 15.2. The Balaban J connectivity index is 1.26. The summed E-state index contributed by atoms with van der Waals surface area (Å²) in [5, 5.41) is 21.2. The van der Waals surface area contributed by atoms with Crippen LogP contribution in [0.2, 0.25) is 0 Å². The molecule has 0 saturated carbocycles. The first-order valence-electron chi connectivity index (χ1n) is 10.6. The first-order valence-corrected chi connectivity index (χ1v) is 10.6. The minimum Gasteiger partial charge on any atom is -0.394 e. The first kappa shape index (κ1) is 21.1. The fourth-order valence-corrected chi connectivity index (χ4v) is 3.86. The molecule has 3 heterocycles. The second kappa shape index (κ2) is 10.3. The Morgan fingerprint density at radius 1 is 1.16 bits per heavy atom. The molecule has 2 aromatic heterocycles. The summed E-state index contributed by atoms with van der Waals surface area (Å²) < 4.78 is 7.90. The summed E-state index contributed by atoms with van der Waals surface area (Å²) in [5.41, 5.74) is 2.50. The molecule has 0 aliphatic carbocycles. The summed E-state index contributed by atoms with van der Waals surface area (Å²) >= 11 is 0. The largest absolute Gasteiger partial charge is 0.394 e. The molecule has 162 valence electrons. The van der Waals surface area contributed by atoms with Crippen LogP contribution in [-0.4, -0.2) is 55.8 Å². The lowest BCUT2D eigenvalue weighted by atomic mass is 9.97. The number of benzene rings is 1. The van der Waals surface area contributed by atoms with Crippen LogP contribution < -0.4 is 5.32 Å². The quantitative estimate of drug-likeness (QED) is 0.577. The monoisotopic (exact) mass is 421 g/mol. The summed E-state index contributed by atoms with van der Waals surface area (Å²) in [7, 11) is 0. The number of nitrogens with one attached hydrogen (secondary N) is 1. The van der Waals surface area contributed by atoms with Crippen molar-refractivity contribution >= 4 is 5.91 Å². The number of hydrogen-bond donors (Lipinski definition) is 2. The van der Waals surface area contributed by atoms with Crippen LogP contribution >= 0.6 is 0 Å². The summed E-state index contributed by atoms with van der Waals surface area (Å²) in [4.78, 5) is 16.4. The van der Waals surface area contributed by atoms with Crippen LogP contribution in [0.4, 0.5) is 0 Å². The number of aliphatic hydroxyl groups excluding tert-OH is 1. The topological polar surface area (TPSA) is 102 Å². The Hall–Kier alpha value is -3.10. The Kier molecular flexibility index (Phi) is 7.01. The van der Waals surface area contributed by atoms with Crippen LogP contribution in [0.25, 0.3) is 0 Å². The molecular weight excluding hydrogens is 394 g/mol. The molecule has 1 saturated heterocycles. The number of aryl methyl sites for hydroxylation is 1. The van der Waals surface area contributed by atoms with Gasteiger partial charge in [0, 0.05) is 25.4 Å². The van der Waals surface area contributed by atoms with E-state index < -0.39 is 6.10 Å². The van der Waals surface area contributed by atoms with Gasteiger partial charge in [0.1, 0.15) is 11.8 Å². The molecular formula is C23H27N5O3. The molecule has 1 aromatic carbocycles. The second-order valence-corrected chi connectivity index (χ2v) is 7.78. The van der Waals surface area contributed by atoms with Crippen molar-refractivity contribution < 1.29 is 14.6 Å².